The summed E-state index contributed by atoms with van der Waals surface area (Å²) in [6, 6.07) is 18.2. The normalized spacial score (nSPS) is 10.3. The van der Waals surface area contributed by atoms with Crippen LogP contribution in [0.3, 0.4) is 0 Å². The molecule has 0 saturated carbocycles. The van der Waals surface area contributed by atoms with Gasteiger partial charge in [0.1, 0.15) is 11.5 Å². The Morgan fingerprint density at radius 3 is 2.24 bits per heavy atom. The van der Waals surface area contributed by atoms with Crippen LogP contribution in [0.4, 0.5) is 0 Å². The summed E-state index contributed by atoms with van der Waals surface area (Å²) in [5.74, 6) is 0.227. The largest absolute Gasteiger partial charge is 0.464 e. The number of nitrogens with one attached hydrogen (secondary N) is 1. The minimum absolute atomic E-state index is 0.347. The number of rotatable bonds is 3. The number of methoxy groups -OCH3 is 1. The molecule has 1 heterocycles. The van der Waals surface area contributed by atoms with Crippen molar-refractivity contribution in [2.75, 3.05) is 7.11 Å². The zero-order valence-electron chi connectivity index (χ0n) is 11.5. The van der Waals surface area contributed by atoms with Crippen LogP contribution in [-0.4, -0.2) is 23.0 Å². The highest BCUT2D eigenvalue weighted by Crippen LogP contribution is 2.23. The fourth-order valence-corrected chi connectivity index (χ4v) is 2.13. The first-order chi connectivity index (χ1) is 10.3. The number of nitrogens with zero attached hydrogens (tertiary/aromatic N) is 1. The molecule has 21 heavy (non-hydrogen) atoms. The third-order valence-corrected chi connectivity index (χ3v) is 3.25. The van der Waals surface area contributed by atoms with E-state index in [-0.39, 0.29) is 0 Å². The smallest absolute Gasteiger partial charge is 0.356 e. The van der Waals surface area contributed by atoms with Crippen LogP contribution in [0, 0.1) is 0 Å². The van der Waals surface area contributed by atoms with Gasteiger partial charge in [-0.3, -0.25) is 0 Å². The Morgan fingerprint density at radius 1 is 0.952 bits per heavy atom. The second-order valence-corrected chi connectivity index (χ2v) is 4.58. The molecule has 0 radical (unpaired) electrons. The first-order valence-corrected chi connectivity index (χ1v) is 6.57. The van der Waals surface area contributed by atoms with Crippen molar-refractivity contribution in [1.29, 1.82) is 0 Å². The molecule has 0 bridgehead atoms. The lowest BCUT2D eigenvalue weighted by atomic mass is 10.0. The maximum absolute atomic E-state index is 11.4. The standard InChI is InChI=1S/C17H14N2O2/c1-21-17(20)15-11-18-16(19-15)14-9-7-13(8-10-14)12-5-3-2-4-6-12/h2-11H,1H3,(H,18,19). The molecule has 3 rings (SSSR count). The number of H-pyrrole nitrogens is 1. The molecule has 0 saturated heterocycles. The van der Waals surface area contributed by atoms with Gasteiger partial charge in [0.15, 0.2) is 0 Å². The first-order valence-electron chi connectivity index (χ1n) is 6.57. The Hall–Kier alpha value is -2.88. The van der Waals surface area contributed by atoms with Crippen LogP contribution in [0.5, 0.6) is 0 Å². The van der Waals surface area contributed by atoms with E-state index in [0.717, 1.165) is 11.1 Å². The van der Waals surface area contributed by atoms with Crippen LogP contribution in [0.1, 0.15) is 10.5 Å². The molecule has 0 aliphatic rings. The van der Waals surface area contributed by atoms with Crippen LogP contribution in [-0.2, 0) is 4.74 Å². The van der Waals surface area contributed by atoms with Crippen molar-refractivity contribution in [2.24, 2.45) is 0 Å². The third-order valence-electron chi connectivity index (χ3n) is 3.25. The predicted octanol–water partition coefficient (Wildman–Crippen LogP) is 3.53. The topological polar surface area (TPSA) is 55.0 Å². The number of carbonyl (C=O) groups excluding carboxylic acids is 1. The van der Waals surface area contributed by atoms with Crippen LogP contribution in [0.25, 0.3) is 22.5 Å². The lowest BCUT2D eigenvalue weighted by Gasteiger charge is -2.02. The number of aromatic amines is 1. The molecule has 4 nitrogen and oxygen atoms in total. The number of hydrogen-bond acceptors (Lipinski definition) is 3. The number of hydrogen-bond donors (Lipinski definition) is 1. The van der Waals surface area contributed by atoms with Crippen molar-refractivity contribution in [2.45, 2.75) is 0 Å². The molecular weight excluding hydrogens is 264 g/mol. The summed E-state index contributed by atoms with van der Waals surface area (Å²) in [6.45, 7) is 0. The summed E-state index contributed by atoms with van der Waals surface area (Å²) < 4.78 is 4.65. The van der Waals surface area contributed by atoms with E-state index in [1.807, 2.05) is 42.5 Å². The average Bonchev–Trinajstić information content (AvgIpc) is 3.05. The molecular formula is C17H14N2O2. The predicted molar refractivity (Wildman–Crippen MR) is 80.8 cm³/mol. The molecule has 0 spiro atoms. The molecule has 0 aliphatic heterocycles. The summed E-state index contributed by atoms with van der Waals surface area (Å²) in [4.78, 5) is 18.6. The van der Waals surface area contributed by atoms with Gasteiger partial charge < -0.3 is 9.72 Å². The van der Waals surface area contributed by atoms with E-state index in [0.29, 0.717) is 11.5 Å². The summed E-state index contributed by atoms with van der Waals surface area (Å²) >= 11 is 0. The number of benzene rings is 2. The number of esters is 1. The number of carbonyl (C=O) groups is 1. The minimum Gasteiger partial charge on any atom is -0.464 e. The number of imidazole rings is 1. The monoisotopic (exact) mass is 278 g/mol. The van der Waals surface area contributed by atoms with Crippen LogP contribution >= 0.6 is 0 Å². The zero-order valence-corrected chi connectivity index (χ0v) is 11.5. The minimum atomic E-state index is -0.422. The van der Waals surface area contributed by atoms with E-state index in [1.54, 1.807) is 0 Å². The van der Waals surface area contributed by atoms with Gasteiger partial charge in [0.05, 0.1) is 13.3 Å². The van der Waals surface area contributed by atoms with Gasteiger partial charge in [-0.05, 0) is 11.1 Å². The summed E-state index contributed by atoms with van der Waals surface area (Å²) in [6.07, 6.45) is 1.48. The Labute approximate surface area is 122 Å². The van der Waals surface area contributed by atoms with Crippen molar-refractivity contribution < 1.29 is 9.53 Å². The van der Waals surface area contributed by atoms with Crippen molar-refractivity contribution in [3.8, 4) is 22.5 Å². The van der Waals surface area contributed by atoms with Gasteiger partial charge in [-0.15, -0.1) is 0 Å². The van der Waals surface area contributed by atoms with Crippen molar-refractivity contribution >= 4 is 5.97 Å². The van der Waals surface area contributed by atoms with E-state index in [9.17, 15) is 4.79 Å². The molecule has 104 valence electrons. The molecule has 0 fully saturated rings. The van der Waals surface area contributed by atoms with E-state index in [2.05, 4.69) is 26.8 Å². The molecule has 0 atom stereocenters. The van der Waals surface area contributed by atoms with E-state index in [4.69, 9.17) is 0 Å². The first kappa shape index (κ1) is 13.1. The Morgan fingerprint density at radius 2 is 1.57 bits per heavy atom. The molecule has 1 aromatic heterocycles. The van der Waals surface area contributed by atoms with Gasteiger partial charge >= 0.3 is 5.97 Å². The molecule has 2 aromatic carbocycles. The van der Waals surface area contributed by atoms with Crippen molar-refractivity contribution in [3.63, 3.8) is 0 Å². The van der Waals surface area contributed by atoms with Gasteiger partial charge in [-0.25, -0.2) is 9.78 Å². The lowest BCUT2D eigenvalue weighted by molar-refractivity contribution is 0.0595. The lowest BCUT2D eigenvalue weighted by Crippen LogP contribution is -2.00. The molecule has 0 unspecified atom stereocenters. The molecule has 1 N–H and O–H groups in total. The fourth-order valence-electron chi connectivity index (χ4n) is 2.13. The molecule has 3 aromatic rings. The molecule has 4 heteroatoms. The third kappa shape index (κ3) is 2.69. The summed E-state index contributed by atoms with van der Waals surface area (Å²) in [7, 11) is 1.34. The maximum atomic E-state index is 11.4. The number of ether oxygens (including phenoxy) is 1. The SMILES string of the molecule is COC(=O)c1cnc(-c2ccc(-c3ccccc3)cc2)[nH]1. The van der Waals surface area contributed by atoms with Crippen LogP contribution in [0.2, 0.25) is 0 Å². The molecule has 0 aliphatic carbocycles. The Kier molecular flexibility index (Phi) is 3.51. The second-order valence-electron chi connectivity index (χ2n) is 4.58. The average molecular weight is 278 g/mol. The van der Waals surface area contributed by atoms with E-state index >= 15 is 0 Å². The Balaban J connectivity index is 1.87. The van der Waals surface area contributed by atoms with E-state index < -0.39 is 5.97 Å². The fraction of sp³-hybridized carbons (Fsp3) is 0.0588. The van der Waals surface area contributed by atoms with Crippen molar-refractivity contribution in [1.82, 2.24) is 9.97 Å². The highest BCUT2D eigenvalue weighted by atomic mass is 16.5. The van der Waals surface area contributed by atoms with Gasteiger partial charge in [-0.2, -0.15) is 0 Å². The highest BCUT2D eigenvalue weighted by molar-refractivity contribution is 5.87. The van der Waals surface area contributed by atoms with Crippen molar-refractivity contribution in [3.05, 3.63) is 66.5 Å². The second kappa shape index (κ2) is 5.63. The maximum Gasteiger partial charge on any atom is 0.356 e. The zero-order chi connectivity index (χ0) is 14.7. The number of aromatic nitrogens is 2. The van der Waals surface area contributed by atoms with Crippen LogP contribution in [0.15, 0.2) is 60.8 Å². The summed E-state index contributed by atoms with van der Waals surface area (Å²) in [5, 5.41) is 0. The summed E-state index contributed by atoms with van der Waals surface area (Å²) in [5.41, 5.74) is 3.57. The van der Waals surface area contributed by atoms with Gasteiger partial charge in [0.2, 0.25) is 0 Å². The quantitative estimate of drug-likeness (QED) is 0.746. The Bertz CT molecular complexity index is 746. The van der Waals surface area contributed by atoms with Gasteiger partial charge in [0, 0.05) is 5.56 Å². The van der Waals surface area contributed by atoms with Gasteiger partial charge in [0.25, 0.3) is 0 Å². The van der Waals surface area contributed by atoms with E-state index in [1.165, 1.54) is 18.9 Å². The van der Waals surface area contributed by atoms with Gasteiger partial charge in [-0.1, -0.05) is 54.6 Å². The highest BCUT2D eigenvalue weighted by Gasteiger charge is 2.10. The van der Waals surface area contributed by atoms with Crippen LogP contribution < -0.4 is 0 Å². The molecule has 0 amide bonds.